The van der Waals surface area contributed by atoms with Crippen molar-refractivity contribution in [3.63, 3.8) is 0 Å². The number of rotatable bonds is 8. The highest BCUT2D eigenvalue weighted by molar-refractivity contribution is 7.92. The first-order valence-electron chi connectivity index (χ1n) is 11.0. The number of nitrogens with one attached hydrogen (secondary N) is 2. The molecule has 34 heavy (non-hydrogen) atoms. The molecule has 4 rings (SSSR count). The Morgan fingerprint density at radius 3 is 2.24 bits per heavy atom. The van der Waals surface area contributed by atoms with Crippen molar-refractivity contribution in [3.8, 4) is 0 Å². The average Bonchev–Trinajstić information content (AvgIpc) is 2.86. The molecule has 1 unspecified atom stereocenters. The van der Waals surface area contributed by atoms with E-state index >= 15 is 0 Å². The smallest absolute Gasteiger partial charge is 0.261 e. The van der Waals surface area contributed by atoms with Gasteiger partial charge in [0.2, 0.25) is 0 Å². The third-order valence-corrected chi connectivity index (χ3v) is 7.05. The summed E-state index contributed by atoms with van der Waals surface area (Å²) in [6, 6.07) is 20.5. The van der Waals surface area contributed by atoms with Gasteiger partial charge in [0.25, 0.3) is 15.9 Å². The van der Waals surface area contributed by atoms with Crippen LogP contribution in [-0.2, 0) is 14.8 Å². The molecule has 1 amide bonds. The zero-order valence-corrected chi connectivity index (χ0v) is 19.3. The second kappa shape index (κ2) is 10.8. The minimum absolute atomic E-state index is 0.0606. The number of carbonyl (C=O) groups excluding carboxylic acids is 1. The monoisotopic (exact) mass is 483 g/mol. The number of morpholine rings is 1. The van der Waals surface area contributed by atoms with E-state index in [9.17, 15) is 17.6 Å². The van der Waals surface area contributed by atoms with E-state index in [4.69, 9.17) is 4.74 Å². The Bertz CT molecular complexity index is 1200. The van der Waals surface area contributed by atoms with Crippen molar-refractivity contribution in [1.82, 2.24) is 10.2 Å². The standard InChI is InChI=1S/C25H26FN3O4S/c26-21-10-6-19(7-11-21)24(29-14-16-33-17-15-29)18-27-25(30)20-8-12-23(13-9-20)34(31,32)28-22-4-2-1-3-5-22/h1-13,24,28H,14-18H2,(H,27,30). The largest absolute Gasteiger partial charge is 0.379 e. The van der Waals surface area contributed by atoms with Crippen molar-refractivity contribution in [2.75, 3.05) is 37.6 Å². The summed E-state index contributed by atoms with van der Waals surface area (Å²) in [6.07, 6.45) is 0. The first-order valence-corrected chi connectivity index (χ1v) is 12.4. The van der Waals surface area contributed by atoms with Gasteiger partial charge in [0.05, 0.1) is 24.2 Å². The molecule has 0 aliphatic carbocycles. The molecule has 0 spiro atoms. The molecule has 1 aliphatic heterocycles. The fraction of sp³-hybridized carbons (Fsp3) is 0.240. The van der Waals surface area contributed by atoms with Gasteiger partial charge < -0.3 is 10.1 Å². The summed E-state index contributed by atoms with van der Waals surface area (Å²) in [5.41, 5.74) is 1.70. The van der Waals surface area contributed by atoms with Gasteiger partial charge in [-0.15, -0.1) is 0 Å². The molecule has 1 atom stereocenters. The van der Waals surface area contributed by atoms with Crippen LogP contribution in [0.15, 0.2) is 83.8 Å². The molecule has 9 heteroatoms. The molecular weight excluding hydrogens is 457 g/mol. The molecule has 1 heterocycles. The van der Waals surface area contributed by atoms with E-state index in [1.165, 1.54) is 36.4 Å². The predicted octanol–water partition coefficient (Wildman–Crippen LogP) is 3.43. The zero-order chi connectivity index (χ0) is 24.0. The number of anilines is 1. The van der Waals surface area contributed by atoms with E-state index in [1.807, 2.05) is 0 Å². The highest BCUT2D eigenvalue weighted by atomic mass is 32.2. The number of benzene rings is 3. The summed E-state index contributed by atoms with van der Waals surface area (Å²) in [5, 5.41) is 2.93. The maximum atomic E-state index is 13.4. The van der Waals surface area contributed by atoms with Crippen molar-refractivity contribution < 1.29 is 22.3 Å². The topological polar surface area (TPSA) is 87.7 Å². The molecule has 1 aliphatic rings. The molecule has 0 saturated carbocycles. The number of carbonyl (C=O) groups is 1. The van der Waals surface area contributed by atoms with Crippen molar-refractivity contribution >= 4 is 21.6 Å². The molecule has 7 nitrogen and oxygen atoms in total. The van der Waals surface area contributed by atoms with E-state index in [0.717, 1.165) is 5.56 Å². The van der Waals surface area contributed by atoms with Crippen LogP contribution in [0.2, 0.25) is 0 Å². The lowest BCUT2D eigenvalue weighted by atomic mass is 10.0. The van der Waals surface area contributed by atoms with Crippen LogP contribution < -0.4 is 10.0 Å². The summed E-state index contributed by atoms with van der Waals surface area (Å²) in [7, 11) is -3.77. The zero-order valence-electron chi connectivity index (χ0n) is 18.5. The summed E-state index contributed by atoms with van der Waals surface area (Å²) >= 11 is 0. The second-order valence-corrected chi connectivity index (χ2v) is 9.60. The Balaban J connectivity index is 1.43. The Morgan fingerprint density at radius 2 is 1.59 bits per heavy atom. The minimum Gasteiger partial charge on any atom is -0.379 e. The molecule has 0 bridgehead atoms. The van der Waals surface area contributed by atoms with Gasteiger partial charge in [-0.2, -0.15) is 0 Å². The van der Waals surface area contributed by atoms with Crippen LogP contribution in [0.3, 0.4) is 0 Å². The summed E-state index contributed by atoms with van der Waals surface area (Å²) < 4.78 is 46.6. The van der Waals surface area contributed by atoms with Gasteiger partial charge >= 0.3 is 0 Å². The summed E-state index contributed by atoms with van der Waals surface area (Å²) in [5.74, 6) is -0.634. The normalized spacial score (nSPS) is 15.4. The number of para-hydroxylation sites is 1. The fourth-order valence-electron chi connectivity index (χ4n) is 3.83. The number of amides is 1. The van der Waals surface area contributed by atoms with Crippen molar-refractivity contribution in [2.24, 2.45) is 0 Å². The first-order chi connectivity index (χ1) is 16.4. The molecule has 2 N–H and O–H groups in total. The van der Waals surface area contributed by atoms with Crippen molar-refractivity contribution in [1.29, 1.82) is 0 Å². The molecule has 3 aromatic carbocycles. The minimum atomic E-state index is -3.77. The van der Waals surface area contributed by atoms with Crippen LogP contribution in [0.5, 0.6) is 0 Å². The van der Waals surface area contributed by atoms with Gasteiger partial charge in [0.15, 0.2) is 0 Å². The van der Waals surface area contributed by atoms with Crippen LogP contribution in [0.4, 0.5) is 10.1 Å². The predicted molar refractivity (Wildman–Crippen MR) is 128 cm³/mol. The maximum absolute atomic E-state index is 13.4. The second-order valence-electron chi connectivity index (χ2n) is 7.92. The highest BCUT2D eigenvalue weighted by Gasteiger charge is 2.24. The Hall–Kier alpha value is -3.27. The Morgan fingerprint density at radius 1 is 0.941 bits per heavy atom. The fourth-order valence-corrected chi connectivity index (χ4v) is 4.89. The van der Waals surface area contributed by atoms with Gasteiger partial charge in [0, 0.05) is 30.9 Å². The maximum Gasteiger partial charge on any atom is 0.261 e. The van der Waals surface area contributed by atoms with Crippen LogP contribution >= 0.6 is 0 Å². The van der Waals surface area contributed by atoms with Crippen LogP contribution in [0, 0.1) is 5.82 Å². The lowest BCUT2D eigenvalue weighted by Gasteiger charge is -2.35. The lowest BCUT2D eigenvalue weighted by molar-refractivity contribution is 0.0162. The summed E-state index contributed by atoms with van der Waals surface area (Å²) in [4.78, 5) is 15.0. The van der Waals surface area contributed by atoms with Gasteiger partial charge in [-0.3, -0.25) is 14.4 Å². The number of ether oxygens (including phenoxy) is 1. The number of nitrogens with zero attached hydrogens (tertiary/aromatic N) is 1. The Labute approximate surface area is 198 Å². The quantitative estimate of drug-likeness (QED) is 0.513. The molecule has 0 radical (unpaired) electrons. The molecular formula is C25H26FN3O4S. The van der Waals surface area contributed by atoms with Gasteiger partial charge in [-0.25, -0.2) is 12.8 Å². The van der Waals surface area contributed by atoms with E-state index < -0.39 is 10.0 Å². The molecule has 178 valence electrons. The number of sulfonamides is 1. The van der Waals surface area contributed by atoms with Crippen LogP contribution in [0.1, 0.15) is 22.0 Å². The summed E-state index contributed by atoms with van der Waals surface area (Å²) in [6.45, 7) is 2.93. The van der Waals surface area contributed by atoms with E-state index in [2.05, 4.69) is 14.9 Å². The first kappa shape index (κ1) is 23.9. The lowest BCUT2D eigenvalue weighted by Crippen LogP contribution is -2.43. The van der Waals surface area contributed by atoms with Gasteiger partial charge in [-0.1, -0.05) is 30.3 Å². The Kier molecular flexibility index (Phi) is 7.56. The number of halogens is 1. The highest BCUT2D eigenvalue weighted by Crippen LogP contribution is 2.22. The van der Waals surface area contributed by atoms with E-state index in [1.54, 1.807) is 42.5 Å². The number of hydrogen-bond acceptors (Lipinski definition) is 5. The van der Waals surface area contributed by atoms with Crippen molar-refractivity contribution in [2.45, 2.75) is 10.9 Å². The van der Waals surface area contributed by atoms with Crippen molar-refractivity contribution in [3.05, 3.63) is 95.8 Å². The van der Waals surface area contributed by atoms with E-state index in [-0.39, 0.29) is 22.7 Å². The molecule has 3 aromatic rings. The molecule has 0 aromatic heterocycles. The van der Waals surface area contributed by atoms with Gasteiger partial charge in [-0.05, 0) is 54.1 Å². The molecule has 1 fully saturated rings. The van der Waals surface area contributed by atoms with Crippen LogP contribution in [-0.4, -0.2) is 52.1 Å². The average molecular weight is 484 g/mol. The van der Waals surface area contributed by atoms with Crippen LogP contribution in [0.25, 0.3) is 0 Å². The van der Waals surface area contributed by atoms with Gasteiger partial charge in [0.1, 0.15) is 5.82 Å². The third kappa shape index (κ3) is 5.99. The van der Waals surface area contributed by atoms with E-state index in [0.29, 0.717) is 44.1 Å². The third-order valence-electron chi connectivity index (χ3n) is 5.65. The molecule has 1 saturated heterocycles. The SMILES string of the molecule is O=C(NCC(c1ccc(F)cc1)N1CCOCC1)c1ccc(S(=O)(=O)Nc2ccccc2)cc1. The number of hydrogen-bond donors (Lipinski definition) is 2.